The van der Waals surface area contributed by atoms with Crippen LogP contribution in [0, 0.1) is 0 Å². The first kappa shape index (κ1) is 14.1. The first-order chi connectivity index (χ1) is 8.80. The van der Waals surface area contributed by atoms with Gasteiger partial charge in [0.15, 0.2) is 0 Å². The smallest absolute Gasteiger partial charge is 0.0159 e. The van der Waals surface area contributed by atoms with Gasteiger partial charge >= 0.3 is 0 Å². The number of alkyl halides is 1. The fourth-order valence-corrected chi connectivity index (χ4v) is 3.60. The third-order valence-corrected chi connectivity index (χ3v) is 4.60. The van der Waals surface area contributed by atoms with Crippen molar-refractivity contribution in [2.45, 2.75) is 45.1 Å². The summed E-state index contributed by atoms with van der Waals surface area (Å²) in [4.78, 5) is 2.68. The number of rotatable bonds is 7. The maximum Gasteiger partial charge on any atom is 0.0159 e. The molecule has 2 rings (SSSR count). The van der Waals surface area contributed by atoms with Crippen molar-refractivity contribution >= 4 is 15.9 Å². The van der Waals surface area contributed by atoms with Crippen LogP contribution in [0.15, 0.2) is 24.3 Å². The van der Waals surface area contributed by atoms with Gasteiger partial charge in [-0.15, -0.1) is 0 Å². The maximum atomic E-state index is 3.60. The number of fused-ring (bicyclic) bond motifs is 1. The summed E-state index contributed by atoms with van der Waals surface area (Å²) < 4.78 is 0. The molecule has 0 aliphatic heterocycles. The second-order valence-electron chi connectivity index (χ2n) is 5.25. The van der Waals surface area contributed by atoms with Gasteiger partial charge in [0.05, 0.1) is 0 Å². The summed E-state index contributed by atoms with van der Waals surface area (Å²) in [5.74, 6) is 0.765. The SMILES string of the molecule is CCC(CC)N(CCBr)CC1Cc2ccccc21. The average molecular weight is 310 g/mol. The van der Waals surface area contributed by atoms with Crippen LogP contribution in [-0.2, 0) is 6.42 Å². The van der Waals surface area contributed by atoms with Gasteiger partial charge in [-0.3, -0.25) is 4.90 Å². The molecule has 0 saturated carbocycles. The highest BCUT2D eigenvalue weighted by Crippen LogP contribution is 2.35. The van der Waals surface area contributed by atoms with Crippen LogP contribution in [0.25, 0.3) is 0 Å². The van der Waals surface area contributed by atoms with Crippen molar-refractivity contribution in [3.05, 3.63) is 35.4 Å². The molecule has 0 saturated heterocycles. The second kappa shape index (κ2) is 6.72. The Morgan fingerprint density at radius 1 is 1.28 bits per heavy atom. The summed E-state index contributed by atoms with van der Waals surface area (Å²) in [7, 11) is 0. The van der Waals surface area contributed by atoms with E-state index in [1.54, 1.807) is 11.1 Å². The molecule has 1 aromatic rings. The molecule has 0 N–H and O–H groups in total. The van der Waals surface area contributed by atoms with E-state index in [1.165, 1.54) is 32.4 Å². The average Bonchev–Trinajstić information content (AvgIpc) is 2.37. The highest BCUT2D eigenvalue weighted by atomic mass is 79.9. The number of nitrogens with zero attached hydrogens (tertiary/aromatic N) is 1. The minimum atomic E-state index is 0.746. The predicted octanol–water partition coefficient (Wildman–Crippen LogP) is 4.21. The summed E-state index contributed by atoms with van der Waals surface area (Å²) in [6.07, 6.45) is 3.80. The number of hydrogen-bond acceptors (Lipinski definition) is 1. The largest absolute Gasteiger partial charge is 0.299 e. The van der Waals surface area contributed by atoms with Gasteiger partial charge in [-0.1, -0.05) is 54.0 Å². The van der Waals surface area contributed by atoms with E-state index in [-0.39, 0.29) is 0 Å². The van der Waals surface area contributed by atoms with E-state index in [4.69, 9.17) is 0 Å². The zero-order valence-electron chi connectivity index (χ0n) is 11.5. The standard InChI is InChI=1S/C16H24BrN/c1-3-15(4-2)18(10-9-17)12-14-11-13-7-5-6-8-16(13)14/h5-8,14-15H,3-4,9-12H2,1-2H3. The van der Waals surface area contributed by atoms with Crippen LogP contribution in [0.4, 0.5) is 0 Å². The molecule has 0 fully saturated rings. The quantitative estimate of drug-likeness (QED) is 0.682. The minimum Gasteiger partial charge on any atom is -0.299 e. The van der Waals surface area contributed by atoms with Crippen LogP contribution in [0.3, 0.4) is 0 Å². The van der Waals surface area contributed by atoms with Gasteiger partial charge in [0, 0.05) is 30.4 Å². The van der Waals surface area contributed by atoms with Gasteiger partial charge in [-0.05, 0) is 30.4 Å². The minimum absolute atomic E-state index is 0.746. The molecule has 0 bridgehead atoms. The fraction of sp³-hybridized carbons (Fsp3) is 0.625. The normalized spacial score (nSPS) is 17.9. The van der Waals surface area contributed by atoms with Gasteiger partial charge in [0.25, 0.3) is 0 Å². The van der Waals surface area contributed by atoms with E-state index >= 15 is 0 Å². The Bertz CT molecular complexity index is 373. The molecular weight excluding hydrogens is 286 g/mol. The molecule has 1 unspecified atom stereocenters. The summed E-state index contributed by atoms with van der Waals surface area (Å²) in [6, 6.07) is 9.67. The van der Waals surface area contributed by atoms with Crippen molar-refractivity contribution in [2.75, 3.05) is 18.4 Å². The molecule has 1 aliphatic carbocycles. The third kappa shape index (κ3) is 2.97. The highest BCUT2D eigenvalue weighted by Gasteiger charge is 2.28. The lowest BCUT2D eigenvalue weighted by atomic mass is 9.77. The summed E-state index contributed by atoms with van der Waals surface area (Å²) >= 11 is 3.60. The van der Waals surface area contributed by atoms with Gasteiger partial charge < -0.3 is 0 Å². The molecule has 1 nitrogen and oxygen atoms in total. The zero-order chi connectivity index (χ0) is 13.0. The first-order valence-electron chi connectivity index (χ1n) is 7.17. The zero-order valence-corrected chi connectivity index (χ0v) is 13.1. The molecule has 0 heterocycles. The molecule has 0 radical (unpaired) electrons. The van der Waals surface area contributed by atoms with Crippen molar-refractivity contribution in [1.29, 1.82) is 0 Å². The van der Waals surface area contributed by atoms with Crippen molar-refractivity contribution in [1.82, 2.24) is 4.90 Å². The molecule has 1 atom stereocenters. The van der Waals surface area contributed by atoms with Crippen LogP contribution in [0.5, 0.6) is 0 Å². The van der Waals surface area contributed by atoms with E-state index < -0.39 is 0 Å². The molecule has 0 amide bonds. The molecule has 2 heteroatoms. The summed E-state index contributed by atoms with van der Waals surface area (Å²) in [5.41, 5.74) is 3.15. The monoisotopic (exact) mass is 309 g/mol. The lowest BCUT2D eigenvalue weighted by Gasteiger charge is -2.38. The van der Waals surface area contributed by atoms with Crippen LogP contribution in [0.1, 0.15) is 43.7 Å². The highest BCUT2D eigenvalue weighted by molar-refractivity contribution is 9.09. The fourth-order valence-electron chi connectivity index (χ4n) is 3.15. The number of hydrogen-bond donors (Lipinski definition) is 0. The molecule has 1 aromatic carbocycles. The van der Waals surface area contributed by atoms with Crippen LogP contribution >= 0.6 is 15.9 Å². The Balaban J connectivity index is 1.99. The van der Waals surface area contributed by atoms with Crippen molar-refractivity contribution < 1.29 is 0 Å². The number of benzene rings is 1. The second-order valence-corrected chi connectivity index (χ2v) is 6.05. The van der Waals surface area contributed by atoms with E-state index in [0.29, 0.717) is 0 Å². The number of halogens is 1. The Kier molecular flexibility index (Phi) is 5.25. The van der Waals surface area contributed by atoms with Crippen molar-refractivity contribution in [3.8, 4) is 0 Å². The first-order valence-corrected chi connectivity index (χ1v) is 8.30. The Labute approximate surface area is 120 Å². The topological polar surface area (TPSA) is 3.24 Å². The van der Waals surface area contributed by atoms with Gasteiger partial charge in [-0.25, -0.2) is 0 Å². The predicted molar refractivity (Wildman–Crippen MR) is 82.6 cm³/mol. The van der Waals surface area contributed by atoms with Crippen molar-refractivity contribution in [3.63, 3.8) is 0 Å². The molecule has 1 aliphatic rings. The Hall–Kier alpha value is -0.340. The van der Waals surface area contributed by atoms with Gasteiger partial charge in [-0.2, -0.15) is 0 Å². The van der Waals surface area contributed by atoms with Gasteiger partial charge in [0.1, 0.15) is 0 Å². The Morgan fingerprint density at radius 2 is 2.00 bits per heavy atom. The van der Waals surface area contributed by atoms with E-state index in [0.717, 1.165) is 17.3 Å². The van der Waals surface area contributed by atoms with Crippen molar-refractivity contribution in [2.24, 2.45) is 0 Å². The Morgan fingerprint density at radius 3 is 2.61 bits per heavy atom. The molecule has 0 spiro atoms. The molecule has 0 aromatic heterocycles. The molecule has 100 valence electrons. The van der Waals surface area contributed by atoms with E-state index in [1.807, 2.05) is 0 Å². The van der Waals surface area contributed by atoms with E-state index in [2.05, 4.69) is 58.9 Å². The third-order valence-electron chi connectivity index (χ3n) is 4.25. The summed E-state index contributed by atoms with van der Waals surface area (Å²) in [6.45, 7) is 7.02. The lowest BCUT2D eigenvalue weighted by molar-refractivity contribution is 0.180. The summed E-state index contributed by atoms with van der Waals surface area (Å²) in [5, 5.41) is 1.08. The van der Waals surface area contributed by atoms with Gasteiger partial charge in [0.2, 0.25) is 0 Å². The maximum absolute atomic E-state index is 3.60. The molecule has 18 heavy (non-hydrogen) atoms. The molecular formula is C16H24BrN. The van der Waals surface area contributed by atoms with Crippen LogP contribution < -0.4 is 0 Å². The van der Waals surface area contributed by atoms with E-state index in [9.17, 15) is 0 Å². The van der Waals surface area contributed by atoms with Crippen LogP contribution in [-0.4, -0.2) is 29.4 Å². The van der Waals surface area contributed by atoms with Crippen LogP contribution in [0.2, 0.25) is 0 Å². The lowest BCUT2D eigenvalue weighted by Crippen LogP contribution is -2.41.